The van der Waals surface area contributed by atoms with Crippen LogP contribution in [0.15, 0.2) is 12.4 Å². The summed E-state index contributed by atoms with van der Waals surface area (Å²) >= 11 is 4.52. The number of nitrogens with one attached hydrogen (secondary N) is 1. The molecule has 0 saturated heterocycles. The second-order valence-electron chi connectivity index (χ2n) is 2.17. The molecule has 4 nitrogen and oxygen atoms in total. The summed E-state index contributed by atoms with van der Waals surface area (Å²) in [5.74, 6) is 0.233. The van der Waals surface area contributed by atoms with Crippen molar-refractivity contribution in [2.45, 2.75) is 6.43 Å². The van der Waals surface area contributed by atoms with Crippen LogP contribution in [0.4, 0.5) is 14.6 Å². The van der Waals surface area contributed by atoms with E-state index in [-0.39, 0.29) is 11.7 Å². The van der Waals surface area contributed by atoms with E-state index in [4.69, 9.17) is 4.74 Å². The Balaban J connectivity index is 2.68. The van der Waals surface area contributed by atoms with Crippen LogP contribution in [0, 0.1) is 0 Å². The normalized spacial score (nSPS) is 9.93. The zero-order chi connectivity index (χ0) is 10.4. The minimum absolute atomic E-state index is 0.00824. The first kappa shape index (κ1) is 10.7. The molecule has 0 unspecified atom stereocenters. The van der Waals surface area contributed by atoms with Crippen molar-refractivity contribution in [2.24, 2.45) is 0 Å². The first-order chi connectivity index (χ1) is 6.74. The van der Waals surface area contributed by atoms with Gasteiger partial charge in [0.05, 0.1) is 5.49 Å². The van der Waals surface area contributed by atoms with Gasteiger partial charge in [0.2, 0.25) is 0 Å². The smallest absolute Gasteiger partial charge is 0.272 e. The van der Waals surface area contributed by atoms with Crippen molar-refractivity contribution in [3.05, 3.63) is 12.4 Å². The van der Waals surface area contributed by atoms with Crippen LogP contribution >= 0.6 is 12.2 Å². The maximum Gasteiger partial charge on any atom is 0.272 e. The quantitative estimate of drug-likeness (QED) is 0.760. The number of rotatable bonds is 5. The van der Waals surface area contributed by atoms with Crippen molar-refractivity contribution >= 4 is 23.5 Å². The zero-order valence-electron chi connectivity index (χ0n) is 6.98. The van der Waals surface area contributed by atoms with Gasteiger partial charge in [-0.05, 0) is 0 Å². The fourth-order valence-electron chi connectivity index (χ4n) is 0.728. The largest absolute Gasteiger partial charge is 0.469 e. The number of hydrogen-bond acceptors (Lipinski definition) is 4. The van der Waals surface area contributed by atoms with Crippen LogP contribution in [0.1, 0.15) is 0 Å². The topological polar surface area (TPSA) is 47.0 Å². The highest BCUT2D eigenvalue weighted by atomic mass is 32.1. The highest BCUT2D eigenvalue weighted by Crippen LogP contribution is 2.16. The summed E-state index contributed by atoms with van der Waals surface area (Å²) in [5.41, 5.74) is 1.19. The van der Waals surface area contributed by atoms with Crippen LogP contribution < -0.4 is 10.1 Å². The number of ether oxygens (including phenoxy) is 1. The molecule has 0 radical (unpaired) electrons. The highest BCUT2D eigenvalue weighted by Gasteiger charge is 2.08. The van der Waals surface area contributed by atoms with Crippen LogP contribution in [0.2, 0.25) is 0 Å². The molecule has 7 heteroatoms. The fraction of sp³-hybridized carbons (Fsp3) is 0.286. The van der Waals surface area contributed by atoms with E-state index in [1.54, 1.807) is 0 Å². The molecule has 1 aromatic rings. The lowest BCUT2D eigenvalue weighted by molar-refractivity contribution is 0.0798. The molecule has 0 saturated carbocycles. The Hall–Kier alpha value is -1.37. The summed E-state index contributed by atoms with van der Waals surface area (Å²) in [7, 11) is 0. The summed E-state index contributed by atoms with van der Waals surface area (Å²) < 4.78 is 28.3. The Morgan fingerprint density at radius 2 is 2.21 bits per heavy atom. The van der Waals surface area contributed by atoms with Gasteiger partial charge in [-0.25, -0.2) is 18.7 Å². The highest BCUT2D eigenvalue weighted by molar-refractivity contribution is 7.79. The van der Waals surface area contributed by atoms with Crippen LogP contribution in [0.25, 0.3) is 0 Å². The van der Waals surface area contributed by atoms with Gasteiger partial charge in [0.25, 0.3) is 12.3 Å². The second-order valence-corrected chi connectivity index (χ2v) is 2.41. The fourth-order valence-corrected chi connectivity index (χ4v) is 0.839. The summed E-state index contributed by atoms with van der Waals surface area (Å²) in [6, 6.07) is 0. The lowest BCUT2D eigenvalue weighted by Crippen LogP contribution is -2.10. The monoisotopic (exact) mass is 219 g/mol. The number of anilines is 1. The average Bonchev–Trinajstić information content (AvgIpc) is 2.17. The van der Waals surface area contributed by atoms with E-state index >= 15 is 0 Å². The number of alkyl halides is 2. The van der Waals surface area contributed by atoms with Gasteiger partial charge in [-0.15, -0.1) is 0 Å². The summed E-state index contributed by atoms with van der Waals surface area (Å²) in [4.78, 5) is 7.53. The number of aromatic nitrogens is 2. The summed E-state index contributed by atoms with van der Waals surface area (Å²) in [6.45, 7) is -0.717. The standard InChI is InChI=1S/C7H7F2N3OS/c8-5(9)3-13-7-6(12-4-14)10-1-2-11-7/h1-2,4-5H,3H2,(H,10,12,14). The molecule has 0 aliphatic rings. The Bertz CT molecular complexity index is 311. The number of halogens is 2. The molecule has 0 bridgehead atoms. The maximum absolute atomic E-state index is 11.8. The lowest BCUT2D eigenvalue weighted by Gasteiger charge is -2.07. The van der Waals surface area contributed by atoms with Gasteiger partial charge in [-0.1, -0.05) is 12.2 Å². The van der Waals surface area contributed by atoms with E-state index in [0.29, 0.717) is 0 Å². The SMILES string of the molecule is FC(F)COc1nccnc1NC=S. The van der Waals surface area contributed by atoms with Gasteiger partial charge < -0.3 is 10.1 Å². The predicted octanol–water partition coefficient (Wildman–Crippen LogP) is 1.49. The van der Waals surface area contributed by atoms with Crippen LogP contribution in [0.5, 0.6) is 5.88 Å². The summed E-state index contributed by atoms with van der Waals surface area (Å²) in [6.07, 6.45) is 0.198. The first-order valence-corrected chi connectivity index (χ1v) is 4.13. The molecule has 0 aliphatic heterocycles. The Morgan fingerprint density at radius 3 is 2.86 bits per heavy atom. The Morgan fingerprint density at radius 1 is 1.50 bits per heavy atom. The third kappa shape index (κ3) is 3.17. The van der Waals surface area contributed by atoms with Gasteiger partial charge in [0.1, 0.15) is 0 Å². The molecule has 0 amide bonds. The van der Waals surface area contributed by atoms with E-state index in [1.165, 1.54) is 17.9 Å². The molecule has 14 heavy (non-hydrogen) atoms. The molecule has 1 aromatic heterocycles. The maximum atomic E-state index is 11.8. The number of nitrogens with zero attached hydrogens (tertiary/aromatic N) is 2. The molecular formula is C7H7F2N3OS. The van der Waals surface area contributed by atoms with Crippen molar-refractivity contribution in [1.82, 2.24) is 9.97 Å². The summed E-state index contributed by atoms with van der Waals surface area (Å²) in [5, 5.41) is 2.55. The van der Waals surface area contributed by atoms with Gasteiger partial charge in [-0.2, -0.15) is 0 Å². The Kier molecular flexibility index (Phi) is 4.11. The molecular weight excluding hydrogens is 212 g/mol. The minimum Gasteiger partial charge on any atom is -0.469 e. The van der Waals surface area contributed by atoms with Crippen molar-refractivity contribution in [1.29, 1.82) is 0 Å². The van der Waals surface area contributed by atoms with Crippen molar-refractivity contribution in [3.63, 3.8) is 0 Å². The number of hydrogen-bond donors (Lipinski definition) is 1. The zero-order valence-corrected chi connectivity index (χ0v) is 7.80. The third-order valence-electron chi connectivity index (χ3n) is 1.21. The third-order valence-corrected chi connectivity index (χ3v) is 1.32. The molecule has 1 N–H and O–H groups in total. The predicted molar refractivity (Wildman–Crippen MR) is 50.8 cm³/mol. The molecule has 76 valence electrons. The van der Waals surface area contributed by atoms with Crippen molar-refractivity contribution < 1.29 is 13.5 Å². The van der Waals surface area contributed by atoms with E-state index in [1.807, 2.05) is 0 Å². The molecule has 0 fully saturated rings. The van der Waals surface area contributed by atoms with Crippen LogP contribution in [-0.4, -0.2) is 28.5 Å². The van der Waals surface area contributed by atoms with E-state index in [0.717, 1.165) is 0 Å². The van der Waals surface area contributed by atoms with Gasteiger partial charge in [-0.3, -0.25) is 0 Å². The molecule has 0 atom stereocenters. The van der Waals surface area contributed by atoms with Gasteiger partial charge >= 0.3 is 0 Å². The Labute approximate surface area is 84.3 Å². The average molecular weight is 219 g/mol. The van der Waals surface area contributed by atoms with Crippen molar-refractivity contribution in [2.75, 3.05) is 11.9 Å². The first-order valence-electron chi connectivity index (χ1n) is 3.66. The number of thiocarbonyl (C=S) groups is 1. The van der Waals surface area contributed by atoms with Gasteiger partial charge in [0.15, 0.2) is 12.4 Å². The molecule has 1 heterocycles. The molecule has 0 aromatic carbocycles. The second kappa shape index (κ2) is 5.38. The van der Waals surface area contributed by atoms with E-state index in [2.05, 4.69) is 27.5 Å². The minimum atomic E-state index is -2.54. The molecule has 1 rings (SSSR count). The molecule has 0 spiro atoms. The van der Waals surface area contributed by atoms with E-state index < -0.39 is 13.0 Å². The lowest BCUT2D eigenvalue weighted by atomic mass is 10.6. The molecule has 0 aliphatic carbocycles. The van der Waals surface area contributed by atoms with Gasteiger partial charge in [0, 0.05) is 12.4 Å². The van der Waals surface area contributed by atoms with E-state index in [9.17, 15) is 8.78 Å². The van der Waals surface area contributed by atoms with Crippen LogP contribution in [0.3, 0.4) is 0 Å². The van der Waals surface area contributed by atoms with Crippen LogP contribution in [-0.2, 0) is 0 Å². The van der Waals surface area contributed by atoms with Crippen molar-refractivity contribution in [3.8, 4) is 5.88 Å².